The summed E-state index contributed by atoms with van der Waals surface area (Å²) in [5.41, 5.74) is 0.995. The lowest BCUT2D eigenvalue weighted by Gasteiger charge is -2.35. The number of hydrogen-bond donors (Lipinski definition) is 1. The molecular weight excluding hydrogens is 319 g/mol. The standard InChI is InChI=1S/C16H19FN4O.ClH/c1-11-9-12(3-4-13(11)17)16(22)21-8-5-18-10-14(21)15-19-6-7-20(15)2;/h3-4,6-7,9,14,18H,5,8,10H2,1-2H3;1H. The summed E-state index contributed by atoms with van der Waals surface area (Å²) in [5, 5.41) is 3.30. The van der Waals surface area contributed by atoms with Crippen LogP contribution in [0.4, 0.5) is 4.39 Å². The van der Waals surface area contributed by atoms with Gasteiger partial charge in [0.2, 0.25) is 0 Å². The van der Waals surface area contributed by atoms with Gasteiger partial charge in [-0.1, -0.05) is 0 Å². The Balaban J connectivity index is 0.00000192. The number of benzene rings is 1. The number of hydrogen-bond acceptors (Lipinski definition) is 3. The third-order valence-electron chi connectivity index (χ3n) is 4.07. The molecule has 2 heterocycles. The first kappa shape index (κ1) is 17.4. The van der Waals surface area contributed by atoms with Crippen molar-refractivity contribution in [3.63, 3.8) is 0 Å². The number of amides is 1. The van der Waals surface area contributed by atoms with Crippen molar-refractivity contribution in [3.8, 4) is 0 Å². The molecule has 0 bridgehead atoms. The molecule has 0 saturated carbocycles. The molecule has 1 atom stereocenters. The number of aryl methyl sites for hydroxylation is 2. The van der Waals surface area contributed by atoms with E-state index in [4.69, 9.17) is 0 Å². The molecule has 0 radical (unpaired) electrons. The van der Waals surface area contributed by atoms with Gasteiger partial charge in [-0.2, -0.15) is 0 Å². The van der Waals surface area contributed by atoms with Crippen molar-refractivity contribution in [1.82, 2.24) is 19.8 Å². The number of imidazole rings is 1. The summed E-state index contributed by atoms with van der Waals surface area (Å²) in [7, 11) is 1.92. The summed E-state index contributed by atoms with van der Waals surface area (Å²) in [6.45, 7) is 3.68. The maximum Gasteiger partial charge on any atom is 0.254 e. The first-order valence-corrected chi connectivity index (χ1v) is 7.33. The minimum atomic E-state index is -0.294. The molecule has 3 rings (SSSR count). The Hall–Kier alpha value is -1.92. The van der Waals surface area contributed by atoms with E-state index in [9.17, 15) is 9.18 Å². The van der Waals surface area contributed by atoms with Crippen molar-refractivity contribution < 1.29 is 9.18 Å². The number of piperazine rings is 1. The van der Waals surface area contributed by atoms with Crippen LogP contribution in [0.25, 0.3) is 0 Å². The molecule has 1 aliphatic rings. The van der Waals surface area contributed by atoms with E-state index in [1.807, 2.05) is 22.7 Å². The summed E-state index contributed by atoms with van der Waals surface area (Å²) >= 11 is 0. The highest BCUT2D eigenvalue weighted by Crippen LogP contribution is 2.23. The number of nitrogens with one attached hydrogen (secondary N) is 1. The normalized spacial score (nSPS) is 17.7. The largest absolute Gasteiger partial charge is 0.336 e. The van der Waals surface area contributed by atoms with Crippen molar-refractivity contribution in [3.05, 3.63) is 53.4 Å². The van der Waals surface area contributed by atoms with E-state index in [0.29, 0.717) is 24.2 Å². The van der Waals surface area contributed by atoms with E-state index in [1.54, 1.807) is 25.3 Å². The minimum Gasteiger partial charge on any atom is -0.336 e. The molecule has 1 aromatic heterocycles. The second-order valence-corrected chi connectivity index (χ2v) is 5.58. The Morgan fingerprint density at radius 2 is 2.22 bits per heavy atom. The summed E-state index contributed by atoms with van der Waals surface area (Å²) in [4.78, 5) is 19.0. The van der Waals surface area contributed by atoms with Crippen LogP contribution in [0.5, 0.6) is 0 Å². The van der Waals surface area contributed by atoms with Crippen LogP contribution >= 0.6 is 12.4 Å². The molecule has 1 fully saturated rings. The van der Waals surface area contributed by atoms with E-state index in [1.165, 1.54) is 6.07 Å². The van der Waals surface area contributed by atoms with Gasteiger partial charge in [-0.25, -0.2) is 9.37 Å². The summed E-state index contributed by atoms with van der Waals surface area (Å²) < 4.78 is 15.3. The monoisotopic (exact) mass is 338 g/mol. The lowest BCUT2D eigenvalue weighted by atomic mass is 10.1. The third kappa shape index (κ3) is 3.38. The van der Waals surface area contributed by atoms with Gasteiger partial charge in [-0.05, 0) is 30.7 Å². The smallest absolute Gasteiger partial charge is 0.254 e. The number of nitrogens with zero attached hydrogens (tertiary/aromatic N) is 3. The van der Waals surface area contributed by atoms with Crippen LogP contribution in [0.15, 0.2) is 30.6 Å². The molecule has 1 aliphatic heterocycles. The van der Waals surface area contributed by atoms with E-state index in [0.717, 1.165) is 12.4 Å². The van der Waals surface area contributed by atoms with Crippen molar-refractivity contribution in [2.45, 2.75) is 13.0 Å². The Kier molecular flexibility index (Phi) is 5.38. The fraction of sp³-hybridized carbons (Fsp3) is 0.375. The zero-order valence-electron chi connectivity index (χ0n) is 13.1. The highest BCUT2D eigenvalue weighted by Gasteiger charge is 2.31. The van der Waals surface area contributed by atoms with E-state index in [-0.39, 0.29) is 30.2 Å². The van der Waals surface area contributed by atoms with Gasteiger partial charge >= 0.3 is 0 Å². The first-order chi connectivity index (χ1) is 10.6. The Morgan fingerprint density at radius 3 is 2.87 bits per heavy atom. The van der Waals surface area contributed by atoms with Gasteiger partial charge in [0.15, 0.2) is 0 Å². The van der Waals surface area contributed by atoms with Crippen LogP contribution in [0.3, 0.4) is 0 Å². The van der Waals surface area contributed by atoms with Gasteiger partial charge in [-0.3, -0.25) is 4.79 Å². The number of aromatic nitrogens is 2. The molecule has 0 spiro atoms. The lowest BCUT2D eigenvalue weighted by Crippen LogP contribution is -2.49. The van der Waals surface area contributed by atoms with E-state index < -0.39 is 0 Å². The number of halogens is 2. The molecule has 5 nitrogen and oxygen atoms in total. The molecular formula is C16H20ClFN4O. The molecule has 1 amide bonds. The molecule has 1 N–H and O–H groups in total. The second kappa shape index (κ2) is 7.10. The van der Waals surface area contributed by atoms with Crippen LogP contribution < -0.4 is 5.32 Å². The maximum atomic E-state index is 13.4. The summed E-state index contributed by atoms with van der Waals surface area (Å²) in [6, 6.07) is 4.38. The number of carbonyl (C=O) groups excluding carboxylic acids is 1. The SMILES string of the molecule is Cc1cc(C(=O)N2CCNCC2c2nccn2C)ccc1F.Cl. The lowest BCUT2D eigenvalue weighted by molar-refractivity contribution is 0.0620. The zero-order chi connectivity index (χ0) is 15.7. The average Bonchev–Trinajstić information content (AvgIpc) is 2.95. The molecule has 1 unspecified atom stereocenters. The number of carbonyl (C=O) groups is 1. The summed E-state index contributed by atoms with van der Waals surface area (Å²) in [6.07, 6.45) is 3.60. The van der Waals surface area contributed by atoms with Crippen LogP contribution in [0.2, 0.25) is 0 Å². The fourth-order valence-corrected chi connectivity index (χ4v) is 2.82. The van der Waals surface area contributed by atoms with Crippen LogP contribution in [0.1, 0.15) is 27.8 Å². The molecule has 7 heteroatoms. The second-order valence-electron chi connectivity index (χ2n) is 5.58. The predicted octanol–water partition coefficient (Wildman–Crippen LogP) is 2.08. The topological polar surface area (TPSA) is 50.2 Å². The minimum absolute atomic E-state index is 0. The molecule has 1 saturated heterocycles. The molecule has 0 aliphatic carbocycles. The fourth-order valence-electron chi connectivity index (χ4n) is 2.82. The van der Waals surface area contributed by atoms with Gasteiger partial charge in [0.25, 0.3) is 5.91 Å². The van der Waals surface area contributed by atoms with Gasteiger partial charge in [0.05, 0.1) is 0 Å². The van der Waals surface area contributed by atoms with Gasteiger partial charge < -0.3 is 14.8 Å². The van der Waals surface area contributed by atoms with Crippen LogP contribution in [0, 0.1) is 12.7 Å². The van der Waals surface area contributed by atoms with Gasteiger partial charge in [-0.15, -0.1) is 12.4 Å². The predicted molar refractivity (Wildman–Crippen MR) is 88.2 cm³/mol. The van der Waals surface area contributed by atoms with Crippen molar-refractivity contribution in [2.75, 3.05) is 19.6 Å². The maximum absolute atomic E-state index is 13.4. The molecule has 124 valence electrons. The van der Waals surface area contributed by atoms with Crippen LogP contribution in [-0.4, -0.2) is 40.0 Å². The van der Waals surface area contributed by atoms with Gasteiger partial charge in [0.1, 0.15) is 17.7 Å². The third-order valence-corrected chi connectivity index (χ3v) is 4.07. The Labute approximate surface area is 140 Å². The van der Waals surface area contributed by atoms with Crippen molar-refractivity contribution in [2.24, 2.45) is 7.05 Å². The Morgan fingerprint density at radius 1 is 1.43 bits per heavy atom. The molecule has 23 heavy (non-hydrogen) atoms. The van der Waals surface area contributed by atoms with Crippen molar-refractivity contribution >= 4 is 18.3 Å². The first-order valence-electron chi connectivity index (χ1n) is 7.33. The molecule has 1 aromatic carbocycles. The van der Waals surface area contributed by atoms with Crippen LogP contribution in [-0.2, 0) is 7.05 Å². The molecule has 2 aromatic rings. The van der Waals surface area contributed by atoms with Gasteiger partial charge in [0, 0.05) is 44.6 Å². The Bertz CT molecular complexity index is 703. The van der Waals surface area contributed by atoms with E-state index in [2.05, 4.69) is 10.3 Å². The van der Waals surface area contributed by atoms with E-state index >= 15 is 0 Å². The quantitative estimate of drug-likeness (QED) is 0.912. The highest BCUT2D eigenvalue weighted by molar-refractivity contribution is 5.94. The zero-order valence-corrected chi connectivity index (χ0v) is 13.9. The van der Waals surface area contributed by atoms with Crippen molar-refractivity contribution in [1.29, 1.82) is 0 Å². The highest BCUT2D eigenvalue weighted by atomic mass is 35.5. The summed E-state index contributed by atoms with van der Waals surface area (Å²) in [5.74, 6) is 0.467. The number of rotatable bonds is 2. The average molecular weight is 339 g/mol.